The van der Waals surface area contributed by atoms with Crippen molar-refractivity contribution in [3.8, 4) is 11.4 Å². The molecule has 2 aromatic heterocycles. The zero-order valence-electron chi connectivity index (χ0n) is 22.0. The Morgan fingerprint density at radius 2 is 1.62 bits per heavy atom. The Hall–Kier alpha value is -5.02. The SMILES string of the molecule is Cc1ccc(NC(=O)c2ccc(N3CCOCC3)cc2)cc1C(=O)Nc1cnc2nc(-c3ccccc3)[nH]c2c1. The van der Waals surface area contributed by atoms with E-state index in [9.17, 15) is 9.59 Å². The number of hydrogen-bond acceptors (Lipinski definition) is 6. The lowest BCUT2D eigenvalue weighted by Crippen LogP contribution is -2.36. The summed E-state index contributed by atoms with van der Waals surface area (Å²) < 4.78 is 5.41. The zero-order valence-corrected chi connectivity index (χ0v) is 22.0. The van der Waals surface area contributed by atoms with Gasteiger partial charge in [-0.2, -0.15) is 0 Å². The normalized spacial score (nSPS) is 13.3. The molecule has 40 heavy (non-hydrogen) atoms. The second kappa shape index (κ2) is 11.0. The maximum absolute atomic E-state index is 13.2. The van der Waals surface area contributed by atoms with Crippen LogP contribution in [0.15, 0.2) is 85.1 Å². The number of ether oxygens (including phenoxy) is 1. The number of benzene rings is 3. The molecule has 3 heterocycles. The van der Waals surface area contributed by atoms with Crippen LogP contribution in [0, 0.1) is 6.92 Å². The number of rotatable bonds is 6. The molecule has 1 aliphatic rings. The van der Waals surface area contributed by atoms with Crippen LogP contribution in [0.1, 0.15) is 26.3 Å². The zero-order chi connectivity index (χ0) is 27.5. The van der Waals surface area contributed by atoms with Crippen LogP contribution in [-0.2, 0) is 4.74 Å². The smallest absolute Gasteiger partial charge is 0.256 e. The van der Waals surface area contributed by atoms with E-state index in [2.05, 4.69) is 30.5 Å². The minimum Gasteiger partial charge on any atom is -0.378 e. The summed E-state index contributed by atoms with van der Waals surface area (Å²) in [5.74, 6) is 0.167. The number of H-pyrrole nitrogens is 1. The van der Waals surface area contributed by atoms with E-state index in [1.165, 1.54) is 0 Å². The number of carbonyl (C=O) groups is 2. The maximum atomic E-state index is 13.2. The van der Waals surface area contributed by atoms with E-state index in [0.717, 1.165) is 29.9 Å². The number of nitrogens with one attached hydrogen (secondary N) is 3. The molecule has 1 fully saturated rings. The predicted octanol–water partition coefficient (Wildman–Crippen LogP) is 5.27. The van der Waals surface area contributed by atoms with Gasteiger partial charge < -0.3 is 25.3 Å². The average molecular weight is 533 g/mol. The van der Waals surface area contributed by atoms with Gasteiger partial charge in [0.15, 0.2) is 5.65 Å². The number of hydrogen-bond donors (Lipinski definition) is 3. The van der Waals surface area contributed by atoms with E-state index in [4.69, 9.17) is 4.74 Å². The molecule has 3 N–H and O–H groups in total. The van der Waals surface area contributed by atoms with Crippen molar-refractivity contribution in [2.45, 2.75) is 6.92 Å². The Labute approximate surface area is 231 Å². The van der Waals surface area contributed by atoms with E-state index in [0.29, 0.717) is 52.7 Å². The fourth-order valence-corrected chi connectivity index (χ4v) is 4.69. The third kappa shape index (κ3) is 5.41. The van der Waals surface area contributed by atoms with Gasteiger partial charge in [-0.3, -0.25) is 9.59 Å². The van der Waals surface area contributed by atoms with Crippen molar-refractivity contribution in [3.05, 3.63) is 102 Å². The Bertz CT molecular complexity index is 1680. The number of anilines is 3. The molecular formula is C31H28N6O3. The second-order valence-electron chi connectivity index (χ2n) is 9.63. The van der Waals surface area contributed by atoms with Gasteiger partial charge in [-0.25, -0.2) is 9.97 Å². The van der Waals surface area contributed by atoms with Crippen LogP contribution in [0.5, 0.6) is 0 Å². The fraction of sp³-hybridized carbons (Fsp3) is 0.161. The molecular weight excluding hydrogens is 504 g/mol. The summed E-state index contributed by atoms with van der Waals surface area (Å²) in [5.41, 5.74) is 6.15. The first-order chi connectivity index (χ1) is 19.5. The van der Waals surface area contributed by atoms with E-state index in [1.54, 1.807) is 24.4 Å². The highest BCUT2D eigenvalue weighted by molar-refractivity contribution is 6.08. The van der Waals surface area contributed by atoms with Crippen LogP contribution in [0.3, 0.4) is 0 Å². The molecule has 5 aromatic rings. The molecule has 9 nitrogen and oxygen atoms in total. The number of carbonyl (C=O) groups excluding carboxylic acids is 2. The Balaban J connectivity index is 1.15. The lowest BCUT2D eigenvalue weighted by molar-refractivity contribution is 0.101. The van der Waals surface area contributed by atoms with E-state index < -0.39 is 0 Å². The maximum Gasteiger partial charge on any atom is 0.256 e. The van der Waals surface area contributed by atoms with Gasteiger partial charge in [-0.05, 0) is 55.0 Å². The van der Waals surface area contributed by atoms with Crippen molar-refractivity contribution in [1.29, 1.82) is 0 Å². The third-order valence-electron chi connectivity index (χ3n) is 6.89. The molecule has 0 unspecified atom stereocenters. The molecule has 3 aromatic carbocycles. The molecule has 0 aliphatic carbocycles. The standard InChI is InChI=1S/C31H28N6O3/c1-20-7-10-23(33-30(38)22-8-11-25(12-9-22)37-13-15-40-16-14-37)17-26(20)31(39)34-24-18-27-29(32-19-24)36-28(35-27)21-5-3-2-4-6-21/h2-12,17-19H,13-16H2,1H3,(H,33,38)(H,34,39)(H,32,35,36). The Morgan fingerprint density at radius 1 is 0.875 bits per heavy atom. The molecule has 6 rings (SSSR count). The molecule has 1 saturated heterocycles. The van der Waals surface area contributed by atoms with Gasteiger partial charge in [0.05, 0.1) is 30.6 Å². The molecule has 200 valence electrons. The van der Waals surface area contributed by atoms with Crippen LogP contribution in [0.4, 0.5) is 17.1 Å². The second-order valence-corrected chi connectivity index (χ2v) is 9.63. The number of aryl methyl sites for hydroxylation is 1. The Kier molecular flexibility index (Phi) is 6.95. The highest BCUT2D eigenvalue weighted by atomic mass is 16.5. The minimum atomic E-state index is -0.299. The number of morpholine rings is 1. The molecule has 9 heteroatoms. The number of pyridine rings is 1. The first-order valence-corrected chi connectivity index (χ1v) is 13.1. The summed E-state index contributed by atoms with van der Waals surface area (Å²) in [5, 5.41) is 5.82. The van der Waals surface area contributed by atoms with Crippen LogP contribution in [0.25, 0.3) is 22.6 Å². The van der Waals surface area contributed by atoms with Crippen LogP contribution in [-0.4, -0.2) is 53.1 Å². The molecule has 0 bridgehead atoms. The van der Waals surface area contributed by atoms with Crippen molar-refractivity contribution in [3.63, 3.8) is 0 Å². The molecule has 0 radical (unpaired) electrons. The van der Waals surface area contributed by atoms with Gasteiger partial charge in [0, 0.05) is 41.2 Å². The number of nitrogens with zero attached hydrogens (tertiary/aromatic N) is 3. The van der Waals surface area contributed by atoms with Crippen LogP contribution in [0.2, 0.25) is 0 Å². The van der Waals surface area contributed by atoms with E-state index in [-0.39, 0.29) is 11.8 Å². The summed E-state index contributed by atoms with van der Waals surface area (Å²) in [6, 6.07) is 24.4. The van der Waals surface area contributed by atoms with Crippen LogP contribution >= 0.6 is 0 Å². The Morgan fingerprint density at radius 3 is 2.40 bits per heavy atom. The van der Waals surface area contributed by atoms with Crippen molar-refractivity contribution < 1.29 is 14.3 Å². The monoisotopic (exact) mass is 532 g/mol. The van der Waals surface area contributed by atoms with Crippen molar-refractivity contribution >= 4 is 40.0 Å². The van der Waals surface area contributed by atoms with Crippen molar-refractivity contribution in [1.82, 2.24) is 15.0 Å². The summed E-state index contributed by atoms with van der Waals surface area (Å²) in [7, 11) is 0. The molecule has 0 saturated carbocycles. The summed E-state index contributed by atoms with van der Waals surface area (Å²) in [6.45, 7) is 4.93. The first kappa shape index (κ1) is 25.3. The van der Waals surface area contributed by atoms with Gasteiger partial charge in [-0.15, -0.1) is 0 Å². The molecule has 0 atom stereocenters. The van der Waals surface area contributed by atoms with Gasteiger partial charge in [0.1, 0.15) is 5.82 Å². The average Bonchev–Trinajstić information content (AvgIpc) is 3.43. The van der Waals surface area contributed by atoms with Gasteiger partial charge in [0.2, 0.25) is 0 Å². The molecule has 2 amide bonds. The fourth-order valence-electron chi connectivity index (χ4n) is 4.69. The number of imidazole rings is 1. The topological polar surface area (TPSA) is 112 Å². The first-order valence-electron chi connectivity index (χ1n) is 13.1. The van der Waals surface area contributed by atoms with Gasteiger partial charge >= 0.3 is 0 Å². The lowest BCUT2D eigenvalue weighted by atomic mass is 10.1. The largest absolute Gasteiger partial charge is 0.378 e. The van der Waals surface area contributed by atoms with Crippen LogP contribution < -0.4 is 15.5 Å². The highest BCUT2D eigenvalue weighted by Gasteiger charge is 2.15. The molecule has 0 spiro atoms. The van der Waals surface area contributed by atoms with Gasteiger partial charge in [0.25, 0.3) is 11.8 Å². The number of amides is 2. The van der Waals surface area contributed by atoms with E-state index in [1.807, 2.05) is 67.6 Å². The minimum absolute atomic E-state index is 0.244. The quantitative estimate of drug-likeness (QED) is 0.275. The number of aromatic nitrogens is 3. The summed E-state index contributed by atoms with van der Waals surface area (Å²) >= 11 is 0. The highest BCUT2D eigenvalue weighted by Crippen LogP contribution is 2.23. The van der Waals surface area contributed by atoms with E-state index >= 15 is 0 Å². The molecule has 1 aliphatic heterocycles. The number of fused-ring (bicyclic) bond motifs is 1. The van der Waals surface area contributed by atoms with Crippen molar-refractivity contribution in [2.75, 3.05) is 41.8 Å². The lowest BCUT2D eigenvalue weighted by Gasteiger charge is -2.28. The number of aromatic amines is 1. The third-order valence-corrected chi connectivity index (χ3v) is 6.89. The predicted molar refractivity (Wildman–Crippen MR) is 156 cm³/mol. The summed E-state index contributed by atoms with van der Waals surface area (Å²) in [6.07, 6.45) is 1.58. The summed E-state index contributed by atoms with van der Waals surface area (Å²) in [4.78, 5) is 40.6. The van der Waals surface area contributed by atoms with Crippen molar-refractivity contribution in [2.24, 2.45) is 0 Å². The van der Waals surface area contributed by atoms with Gasteiger partial charge in [-0.1, -0.05) is 36.4 Å².